The molecule has 1 aromatic carbocycles. The minimum absolute atomic E-state index is 0.866. The van der Waals surface area contributed by atoms with Crippen molar-refractivity contribution in [3.63, 3.8) is 0 Å². The zero-order valence-electron chi connectivity index (χ0n) is 7.72. The molecule has 1 fully saturated rings. The Bertz CT molecular complexity index is 256. The summed E-state index contributed by atoms with van der Waals surface area (Å²) >= 11 is 0. The van der Waals surface area contributed by atoms with Crippen molar-refractivity contribution in [1.82, 2.24) is 0 Å². The first-order valence-electron chi connectivity index (χ1n) is 4.93. The Balaban J connectivity index is 2.21. The minimum Gasteiger partial charge on any atom is -0.0617 e. The van der Waals surface area contributed by atoms with E-state index in [1.165, 1.54) is 31.2 Å². The van der Waals surface area contributed by atoms with Crippen molar-refractivity contribution in [2.24, 2.45) is 0 Å². The molecular formula is C12H16. The maximum atomic E-state index is 2.34. The third kappa shape index (κ3) is 1.52. The highest BCUT2D eigenvalue weighted by atomic mass is 14.2. The predicted molar refractivity (Wildman–Crippen MR) is 52.4 cm³/mol. The van der Waals surface area contributed by atoms with Gasteiger partial charge in [-0.05, 0) is 31.2 Å². The molecule has 0 heteroatoms. The molecule has 1 aliphatic rings. The minimum atomic E-state index is 0.866. The van der Waals surface area contributed by atoms with Crippen LogP contribution >= 0.6 is 0 Å². The standard InChI is InChI=1S/C12H16/c1-10-5-4-8-12(9-10)11-6-2-3-7-11/h4-5,8-9,11H,2-3,6-7H2,1H3. The van der Waals surface area contributed by atoms with E-state index < -0.39 is 0 Å². The van der Waals surface area contributed by atoms with E-state index in [2.05, 4.69) is 31.2 Å². The Morgan fingerprint density at radius 2 is 1.92 bits per heavy atom. The van der Waals surface area contributed by atoms with Crippen LogP contribution in [0.25, 0.3) is 0 Å². The highest BCUT2D eigenvalue weighted by Crippen LogP contribution is 2.33. The van der Waals surface area contributed by atoms with Crippen LogP contribution in [-0.4, -0.2) is 0 Å². The largest absolute Gasteiger partial charge is 0.0617 e. The maximum absolute atomic E-state index is 2.34. The molecule has 0 atom stereocenters. The Kier molecular flexibility index (Phi) is 2.16. The lowest BCUT2D eigenvalue weighted by Gasteiger charge is -2.09. The molecule has 1 saturated carbocycles. The summed E-state index contributed by atoms with van der Waals surface area (Å²) in [6.45, 7) is 2.18. The van der Waals surface area contributed by atoms with E-state index >= 15 is 0 Å². The molecule has 0 unspecified atom stereocenters. The Morgan fingerprint density at radius 1 is 1.17 bits per heavy atom. The number of hydrogen-bond donors (Lipinski definition) is 0. The van der Waals surface area contributed by atoms with Crippen molar-refractivity contribution in [1.29, 1.82) is 0 Å². The molecule has 0 aliphatic heterocycles. The lowest BCUT2D eigenvalue weighted by atomic mass is 9.96. The first-order chi connectivity index (χ1) is 5.86. The monoisotopic (exact) mass is 160 g/mol. The summed E-state index contributed by atoms with van der Waals surface area (Å²) in [4.78, 5) is 0. The molecule has 0 N–H and O–H groups in total. The van der Waals surface area contributed by atoms with Crippen molar-refractivity contribution < 1.29 is 0 Å². The molecule has 0 spiro atoms. The van der Waals surface area contributed by atoms with Gasteiger partial charge in [-0.3, -0.25) is 0 Å². The topological polar surface area (TPSA) is 0 Å². The molecule has 0 amide bonds. The molecule has 64 valence electrons. The molecular weight excluding hydrogens is 144 g/mol. The number of hydrogen-bond acceptors (Lipinski definition) is 0. The van der Waals surface area contributed by atoms with E-state index in [4.69, 9.17) is 0 Å². The maximum Gasteiger partial charge on any atom is -0.0162 e. The molecule has 0 aromatic heterocycles. The van der Waals surface area contributed by atoms with Crippen LogP contribution in [0, 0.1) is 6.92 Å². The summed E-state index contributed by atoms with van der Waals surface area (Å²) in [6.07, 6.45) is 5.67. The normalized spacial score (nSPS) is 18.4. The van der Waals surface area contributed by atoms with Crippen LogP contribution in [0.5, 0.6) is 0 Å². The van der Waals surface area contributed by atoms with Gasteiger partial charge in [0, 0.05) is 0 Å². The van der Waals surface area contributed by atoms with Gasteiger partial charge in [-0.1, -0.05) is 42.7 Å². The summed E-state index contributed by atoms with van der Waals surface area (Å²) in [5.74, 6) is 0.866. The fourth-order valence-corrected chi connectivity index (χ4v) is 2.18. The Labute approximate surface area is 74.6 Å². The second kappa shape index (κ2) is 3.30. The van der Waals surface area contributed by atoms with Gasteiger partial charge in [0.1, 0.15) is 0 Å². The van der Waals surface area contributed by atoms with Crippen LogP contribution in [0.15, 0.2) is 24.3 Å². The van der Waals surface area contributed by atoms with Gasteiger partial charge in [-0.25, -0.2) is 0 Å². The van der Waals surface area contributed by atoms with Crippen molar-refractivity contribution in [3.8, 4) is 0 Å². The van der Waals surface area contributed by atoms with Crippen LogP contribution in [0.3, 0.4) is 0 Å². The lowest BCUT2D eigenvalue weighted by Crippen LogP contribution is -1.91. The average Bonchev–Trinajstić information content (AvgIpc) is 2.56. The molecule has 1 aromatic rings. The second-order valence-electron chi connectivity index (χ2n) is 3.90. The number of rotatable bonds is 1. The number of aryl methyl sites for hydroxylation is 1. The summed E-state index contributed by atoms with van der Waals surface area (Å²) in [5, 5.41) is 0. The molecule has 2 rings (SSSR count). The second-order valence-corrected chi connectivity index (χ2v) is 3.90. The molecule has 0 radical (unpaired) electrons. The van der Waals surface area contributed by atoms with Gasteiger partial charge < -0.3 is 0 Å². The van der Waals surface area contributed by atoms with E-state index in [0.717, 1.165) is 5.92 Å². The summed E-state index contributed by atoms with van der Waals surface area (Å²) in [5.41, 5.74) is 2.96. The van der Waals surface area contributed by atoms with Gasteiger partial charge in [-0.15, -0.1) is 0 Å². The summed E-state index contributed by atoms with van der Waals surface area (Å²) in [6, 6.07) is 8.99. The highest BCUT2D eigenvalue weighted by molar-refractivity contribution is 5.25. The van der Waals surface area contributed by atoms with E-state index in [0.29, 0.717) is 0 Å². The first-order valence-corrected chi connectivity index (χ1v) is 4.93. The Morgan fingerprint density at radius 3 is 2.58 bits per heavy atom. The van der Waals surface area contributed by atoms with Gasteiger partial charge >= 0.3 is 0 Å². The summed E-state index contributed by atoms with van der Waals surface area (Å²) < 4.78 is 0. The van der Waals surface area contributed by atoms with Crippen molar-refractivity contribution >= 4 is 0 Å². The zero-order valence-corrected chi connectivity index (χ0v) is 7.72. The third-order valence-electron chi connectivity index (χ3n) is 2.87. The smallest absolute Gasteiger partial charge is 0.0162 e. The van der Waals surface area contributed by atoms with Gasteiger partial charge in [0.25, 0.3) is 0 Å². The molecule has 0 heterocycles. The van der Waals surface area contributed by atoms with Gasteiger partial charge in [0.2, 0.25) is 0 Å². The predicted octanol–water partition coefficient (Wildman–Crippen LogP) is 3.65. The summed E-state index contributed by atoms with van der Waals surface area (Å²) in [7, 11) is 0. The van der Waals surface area contributed by atoms with Crippen molar-refractivity contribution in [2.45, 2.75) is 38.5 Å². The van der Waals surface area contributed by atoms with Crippen molar-refractivity contribution in [3.05, 3.63) is 35.4 Å². The van der Waals surface area contributed by atoms with Crippen molar-refractivity contribution in [2.75, 3.05) is 0 Å². The van der Waals surface area contributed by atoms with E-state index in [1.807, 2.05) is 0 Å². The molecule has 1 aliphatic carbocycles. The van der Waals surface area contributed by atoms with Crippen LogP contribution in [0.2, 0.25) is 0 Å². The first kappa shape index (κ1) is 7.85. The highest BCUT2D eigenvalue weighted by Gasteiger charge is 2.16. The Hall–Kier alpha value is -0.780. The van der Waals surface area contributed by atoms with Gasteiger partial charge in [0.15, 0.2) is 0 Å². The molecule has 0 bridgehead atoms. The molecule has 0 nitrogen and oxygen atoms in total. The fraction of sp³-hybridized carbons (Fsp3) is 0.500. The molecule has 12 heavy (non-hydrogen) atoms. The van der Waals surface area contributed by atoms with E-state index in [-0.39, 0.29) is 0 Å². The molecule has 0 saturated heterocycles. The van der Waals surface area contributed by atoms with Gasteiger partial charge in [0.05, 0.1) is 0 Å². The van der Waals surface area contributed by atoms with Crippen LogP contribution in [0.1, 0.15) is 42.7 Å². The van der Waals surface area contributed by atoms with Crippen LogP contribution in [-0.2, 0) is 0 Å². The average molecular weight is 160 g/mol. The zero-order chi connectivity index (χ0) is 8.39. The fourth-order valence-electron chi connectivity index (χ4n) is 2.18. The number of benzene rings is 1. The van der Waals surface area contributed by atoms with E-state index in [9.17, 15) is 0 Å². The third-order valence-corrected chi connectivity index (χ3v) is 2.87. The van der Waals surface area contributed by atoms with Crippen LogP contribution < -0.4 is 0 Å². The van der Waals surface area contributed by atoms with Crippen LogP contribution in [0.4, 0.5) is 0 Å². The van der Waals surface area contributed by atoms with E-state index in [1.54, 1.807) is 5.56 Å². The lowest BCUT2D eigenvalue weighted by molar-refractivity contribution is 0.722. The SMILES string of the molecule is Cc1cccc(C2CCCC2)c1. The quantitative estimate of drug-likeness (QED) is 0.588. The van der Waals surface area contributed by atoms with Gasteiger partial charge in [-0.2, -0.15) is 0 Å².